The zero-order valence-electron chi connectivity index (χ0n) is 23.6. The van der Waals surface area contributed by atoms with E-state index in [1.165, 1.54) is 20.1 Å². The van der Waals surface area contributed by atoms with Gasteiger partial charge in [-0.3, -0.25) is 30.8 Å². The number of rotatable bonds is 20. The number of ether oxygens (including phenoxy) is 2. The lowest BCUT2D eigenvalue weighted by molar-refractivity contribution is -0.459. The second-order valence-corrected chi connectivity index (χ2v) is 9.41. The van der Waals surface area contributed by atoms with Gasteiger partial charge in [-0.25, -0.2) is 4.79 Å². The van der Waals surface area contributed by atoms with Crippen LogP contribution in [-0.4, -0.2) is 61.9 Å². The largest absolute Gasteiger partial charge is 0.490 e. The summed E-state index contributed by atoms with van der Waals surface area (Å²) in [5, 5.41) is 5.42. The van der Waals surface area contributed by atoms with Gasteiger partial charge in [0.05, 0.1) is 19.7 Å². The molecule has 0 saturated heterocycles. The van der Waals surface area contributed by atoms with E-state index in [1.54, 1.807) is 18.2 Å². The number of benzene rings is 1. The Morgan fingerprint density at radius 2 is 1.70 bits per heavy atom. The molecule has 1 aromatic carbocycles. The Kier molecular flexibility index (Phi) is 16.1. The van der Waals surface area contributed by atoms with Crippen molar-refractivity contribution in [1.82, 2.24) is 10.6 Å². The summed E-state index contributed by atoms with van der Waals surface area (Å²) >= 11 is 0. The smallest absolute Gasteiger partial charge is 0.338 e. The summed E-state index contributed by atoms with van der Waals surface area (Å²) in [6.07, 6.45) is 6.06. The average molecular weight is 559 g/mol. The molecule has 0 bridgehead atoms. The van der Waals surface area contributed by atoms with Crippen LogP contribution < -0.4 is 31.8 Å². The number of methoxy groups -OCH3 is 1. The van der Waals surface area contributed by atoms with E-state index in [0.29, 0.717) is 31.7 Å². The van der Waals surface area contributed by atoms with Crippen LogP contribution in [0.2, 0.25) is 0 Å². The molecule has 3 atom stereocenters. The highest BCUT2D eigenvalue weighted by atomic mass is 16.5. The maximum Gasteiger partial charge on any atom is 0.338 e. The number of carbonyl (C=O) groups excluding carboxylic acids is 4. The Morgan fingerprint density at radius 1 is 1.00 bits per heavy atom. The predicted octanol–water partition coefficient (Wildman–Crippen LogP) is 0.0223. The number of nitrogens with one attached hydrogen (secondary N) is 3. The van der Waals surface area contributed by atoms with E-state index < -0.39 is 29.9 Å². The zero-order valence-corrected chi connectivity index (χ0v) is 23.6. The molecule has 7 N–H and O–H groups in total. The number of hydrogen-bond donors (Lipinski definition) is 5. The standard InChI is InChI=1S/C29H43N5O6/c1-5-10-24(28(38)39-4)34-27(37)22(11-8-7-9-16-32-29(30)31)19-26(36)25(33-20(3)35)18-21-12-14-23(15-13-21)40-17-6-2/h5-6,12-15,22,24-25H,1-2,7-11,16-19H2,3-4H3,(H,33,35)(H,34,37)(H4,30,31,32)/p+1/t22-,24+,25+/m1/s1. The van der Waals surface area contributed by atoms with E-state index in [9.17, 15) is 19.2 Å². The fourth-order valence-corrected chi connectivity index (χ4v) is 4.05. The number of unbranched alkanes of at least 4 members (excludes halogenated alkanes) is 2. The third-order valence-electron chi connectivity index (χ3n) is 6.08. The Morgan fingerprint density at radius 3 is 2.27 bits per heavy atom. The maximum atomic E-state index is 13.4. The minimum Gasteiger partial charge on any atom is -0.490 e. The minimum absolute atomic E-state index is 0.110. The molecule has 40 heavy (non-hydrogen) atoms. The van der Waals surface area contributed by atoms with E-state index in [-0.39, 0.29) is 36.9 Å². The zero-order chi connectivity index (χ0) is 29.9. The number of Topliss-reactive ketones (excluding diaryl/α,β-unsaturated/α-hetero) is 1. The molecule has 0 aliphatic heterocycles. The number of nitrogens with two attached hydrogens (primary N) is 2. The number of hydrogen-bond acceptors (Lipinski definition) is 6. The molecular formula is C29H44N5O6+. The molecule has 0 radical (unpaired) electrons. The quantitative estimate of drug-likeness (QED) is 0.0489. The van der Waals surface area contributed by atoms with Gasteiger partial charge in [-0.2, -0.15) is 0 Å². The van der Waals surface area contributed by atoms with Crippen molar-refractivity contribution in [3.8, 4) is 5.75 Å². The first-order chi connectivity index (χ1) is 19.1. The maximum absolute atomic E-state index is 13.4. The molecule has 1 rings (SSSR count). The van der Waals surface area contributed by atoms with Crippen LogP contribution in [0, 0.1) is 5.92 Å². The molecule has 1 aromatic rings. The summed E-state index contributed by atoms with van der Waals surface area (Å²) in [5.41, 5.74) is 11.6. The lowest BCUT2D eigenvalue weighted by Crippen LogP contribution is -2.78. The Balaban J connectivity index is 3.02. The van der Waals surface area contributed by atoms with Crippen molar-refractivity contribution >= 4 is 29.5 Å². The van der Waals surface area contributed by atoms with Gasteiger partial charge in [0, 0.05) is 19.3 Å². The van der Waals surface area contributed by atoms with Crippen molar-refractivity contribution in [2.24, 2.45) is 17.4 Å². The summed E-state index contributed by atoms with van der Waals surface area (Å²) in [5.74, 6) is -1.59. The Bertz CT molecular complexity index is 1020. The molecule has 0 unspecified atom stereocenters. The highest BCUT2D eigenvalue weighted by Crippen LogP contribution is 2.19. The summed E-state index contributed by atoms with van der Waals surface area (Å²) in [6, 6.07) is 5.46. The van der Waals surface area contributed by atoms with Crippen LogP contribution in [-0.2, 0) is 30.3 Å². The van der Waals surface area contributed by atoms with Gasteiger partial charge >= 0.3 is 11.9 Å². The van der Waals surface area contributed by atoms with Crippen molar-refractivity contribution in [1.29, 1.82) is 0 Å². The van der Waals surface area contributed by atoms with Crippen LogP contribution in [0.3, 0.4) is 0 Å². The molecule has 0 saturated carbocycles. The van der Waals surface area contributed by atoms with E-state index in [4.69, 9.17) is 20.9 Å². The Hall–Kier alpha value is -4.15. The summed E-state index contributed by atoms with van der Waals surface area (Å²) in [7, 11) is 1.24. The van der Waals surface area contributed by atoms with Crippen LogP contribution in [0.5, 0.6) is 5.75 Å². The van der Waals surface area contributed by atoms with Gasteiger partial charge < -0.3 is 20.1 Å². The van der Waals surface area contributed by atoms with Gasteiger partial charge in [-0.1, -0.05) is 43.7 Å². The van der Waals surface area contributed by atoms with Gasteiger partial charge in [0.25, 0.3) is 0 Å². The molecule has 220 valence electrons. The molecule has 11 nitrogen and oxygen atoms in total. The van der Waals surface area contributed by atoms with Gasteiger partial charge in [-0.15, -0.1) is 6.58 Å². The number of guanidine groups is 1. The van der Waals surface area contributed by atoms with E-state index in [2.05, 4.69) is 28.8 Å². The van der Waals surface area contributed by atoms with Crippen LogP contribution in [0.15, 0.2) is 49.6 Å². The Labute approximate surface area is 236 Å². The first-order valence-corrected chi connectivity index (χ1v) is 13.3. The SMILES string of the molecule is C=CCOc1ccc(C[C@H](NC(C)=O)C(=O)C[C@@H](CCCCC[NH+]=C(N)N)C(=O)N[C@@H](CC=C)C(=O)OC)cc1. The molecular weight excluding hydrogens is 514 g/mol. The molecule has 0 aromatic heterocycles. The molecule has 0 fully saturated rings. The summed E-state index contributed by atoms with van der Waals surface area (Å²) < 4.78 is 10.3. The number of ketones is 1. The highest BCUT2D eigenvalue weighted by molar-refractivity contribution is 5.93. The van der Waals surface area contributed by atoms with Crippen molar-refractivity contribution in [2.45, 2.75) is 64.0 Å². The third kappa shape index (κ3) is 13.6. The summed E-state index contributed by atoms with van der Waals surface area (Å²) in [6.45, 7) is 9.55. The van der Waals surface area contributed by atoms with E-state index in [0.717, 1.165) is 18.4 Å². The van der Waals surface area contributed by atoms with Crippen LogP contribution in [0.25, 0.3) is 0 Å². The number of esters is 1. The molecule has 0 heterocycles. The lowest BCUT2D eigenvalue weighted by atomic mass is 9.90. The first-order valence-electron chi connectivity index (χ1n) is 13.3. The highest BCUT2D eigenvalue weighted by Gasteiger charge is 2.30. The molecule has 0 spiro atoms. The number of carbonyl (C=O) groups is 4. The second-order valence-electron chi connectivity index (χ2n) is 9.41. The lowest BCUT2D eigenvalue weighted by Gasteiger charge is -2.23. The van der Waals surface area contributed by atoms with Crippen molar-refractivity contribution in [3.63, 3.8) is 0 Å². The normalized spacial score (nSPS) is 12.7. The average Bonchev–Trinajstić information content (AvgIpc) is 2.92. The van der Waals surface area contributed by atoms with Crippen LogP contribution in [0.4, 0.5) is 0 Å². The van der Waals surface area contributed by atoms with Gasteiger partial charge in [0.15, 0.2) is 5.78 Å². The third-order valence-corrected chi connectivity index (χ3v) is 6.08. The molecule has 2 amide bonds. The van der Waals surface area contributed by atoms with E-state index in [1.807, 2.05) is 12.1 Å². The number of amides is 2. The molecule has 11 heteroatoms. The predicted molar refractivity (Wildman–Crippen MR) is 153 cm³/mol. The summed E-state index contributed by atoms with van der Waals surface area (Å²) in [4.78, 5) is 53.6. The fourth-order valence-electron chi connectivity index (χ4n) is 4.05. The minimum atomic E-state index is -0.909. The van der Waals surface area contributed by atoms with Gasteiger partial charge in [-0.05, 0) is 43.4 Å². The monoisotopic (exact) mass is 558 g/mol. The molecule has 0 aliphatic carbocycles. The van der Waals surface area contributed by atoms with Crippen LogP contribution >= 0.6 is 0 Å². The second kappa shape index (κ2) is 19.0. The van der Waals surface area contributed by atoms with Crippen LogP contribution in [0.1, 0.15) is 51.0 Å². The first kappa shape index (κ1) is 33.9. The van der Waals surface area contributed by atoms with Gasteiger partial charge in [0.1, 0.15) is 18.4 Å². The van der Waals surface area contributed by atoms with Crippen molar-refractivity contribution < 1.29 is 33.6 Å². The van der Waals surface area contributed by atoms with E-state index >= 15 is 0 Å². The van der Waals surface area contributed by atoms with Gasteiger partial charge in [0.2, 0.25) is 11.8 Å². The van der Waals surface area contributed by atoms with Crippen molar-refractivity contribution in [2.75, 3.05) is 20.3 Å². The topological polar surface area (TPSA) is 177 Å². The molecule has 0 aliphatic rings. The van der Waals surface area contributed by atoms with Crippen molar-refractivity contribution in [3.05, 3.63) is 55.1 Å². The fraction of sp³-hybridized carbons (Fsp3) is 0.483.